The molecule has 0 saturated carbocycles. The van der Waals surface area contributed by atoms with E-state index in [1.807, 2.05) is 6.92 Å². The van der Waals surface area contributed by atoms with Gasteiger partial charge in [-0.1, -0.05) is 23.7 Å². The van der Waals surface area contributed by atoms with E-state index in [9.17, 15) is 14.4 Å². The van der Waals surface area contributed by atoms with Gasteiger partial charge < -0.3 is 19.8 Å². The number of esters is 2. The molecule has 0 aliphatic carbocycles. The third kappa shape index (κ3) is 5.13. The van der Waals surface area contributed by atoms with Crippen molar-refractivity contribution in [1.29, 1.82) is 0 Å². The van der Waals surface area contributed by atoms with Gasteiger partial charge in [-0.2, -0.15) is 0 Å². The van der Waals surface area contributed by atoms with Gasteiger partial charge in [-0.05, 0) is 51.0 Å². The Morgan fingerprint density at radius 3 is 2.36 bits per heavy atom. The molecule has 1 heterocycles. The number of benzene rings is 1. The van der Waals surface area contributed by atoms with Crippen molar-refractivity contribution in [2.45, 2.75) is 33.7 Å². The summed E-state index contributed by atoms with van der Waals surface area (Å²) in [6.45, 7) is 6.59. The van der Waals surface area contributed by atoms with Crippen molar-refractivity contribution in [3.8, 4) is 0 Å². The molecule has 28 heavy (non-hydrogen) atoms. The number of aromatic amines is 1. The molecule has 0 bridgehead atoms. The summed E-state index contributed by atoms with van der Waals surface area (Å²) in [6.07, 6.45) is 0. The molecule has 2 rings (SSSR count). The Morgan fingerprint density at radius 1 is 1.11 bits per heavy atom. The summed E-state index contributed by atoms with van der Waals surface area (Å²) in [5.41, 5.74) is 2.23. The average molecular weight is 407 g/mol. The quantitative estimate of drug-likeness (QED) is 0.686. The molecule has 0 fully saturated rings. The second-order valence-electron chi connectivity index (χ2n) is 6.26. The lowest BCUT2D eigenvalue weighted by Crippen LogP contribution is -2.31. The number of hydrogen-bond acceptors (Lipinski definition) is 5. The van der Waals surface area contributed by atoms with Crippen LogP contribution in [0.3, 0.4) is 0 Å². The first-order valence-corrected chi connectivity index (χ1v) is 9.20. The smallest absolute Gasteiger partial charge is 0.355 e. The number of carbonyl (C=O) groups is 3. The summed E-state index contributed by atoms with van der Waals surface area (Å²) in [5.74, 6) is -1.67. The molecule has 8 heteroatoms. The number of rotatable bonds is 7. The molecule has 0 radical (unpaired) electrons. The Balaban J connectivity index is 1.96. The number of aryl methyl sites for hydroxylation is 1. The van der Waals surface area contributed by atoms with Gasteiger partial charge in [0.1, 0.15) is 5.69 Å². The van der Waals surface area contributed by atoms with Gasteiger partial charge in [0.2, 0.25) is 0 Å². The SMILES string of the molecule is CCOC(=O)c1c(C)[nH]c(C(=O)OCC(=O)N[C@H](C)c2ccc(Cl)cc2)c1C. The Hall–Kier alpha value is -2.80. The van der Waals surface area contributed by atoms with Crippen LogP contribution in [-0.4, -0.2) is 36.0 Å². The number of hydrogen-bond donors (Lipinski definition) is 2. The normalized spacial score (nSPS) is 11.6. The van der Waals surface area contributed by atoms with Crippen LogP contribution in [0, 0.1) is 13.8 Å². The highest BCUT2D eigenvalue weighted by atomic mass is 35.5. The van der Waals surface area contributed by atoms with Crippen molar-refractivity contribution in [1.82, 2.24) is 10.3 Å². The van der Waals surface area contributed by atoms with Gasteiger partial charge in [-0.25, -0.2) is 9.59 Å². The summed E-state index contributed by atoms with van der Waals surface area (Å²) in [7, 11) is 0. The number of amides is 1. The van der Waals surface area contributed by atoms with Gasteiger partial charge in [0, 0.05) is 10.7 Å². The van der Waals surface area contributed by atoms with Crippen LogP contribution in [-0.2, 0) is 14.3 Å². The monoisotopic (exact) mass is 406 g/mol. The maximum atomic E-state index is 12.3. The highest BCUT2D eigenvalue weighted by Gasteiger charge is 2.24. The van der Waals surface area contributed by atoms with Gasteiger partial charge in [-0.15, -0.1) is 0 Å². The maximum Gasteiger partial charge on any atom is 0.355 e. The molecular weight excluding hydrogens is 384 g/mol. The second kappa shape index (κ2) is 9.41. The molecule has 7 nitrogen and oxygen atoms in total. The summed E-state index contributed by atoms with van der Waals surface area (Å²) in [6, 6.07) is 6.81. The highest BCUT2D eigenvalue weighted by molar-refractivity contribution is 6.30. The number of ether oxygens (including phenoxy) is 2. The Labute approximate surface area is 168 Å². The largest absolute Gasteiger partial charge is 0.462 e. The third-order valence-electron chi connectivity index (χ3n) is 4.20. The summed E-state index contributed by atoms with van der Waals surface area (Å²) >= 11 is 5.85. The van der Waals surface area contributed by atoms with Crippen LogP contribution >= 0.6 is 11.6 Å². The van der Waals surface area contributed by atoms with E-state index in [-0.39, 0.29) is 18.3 Å². The van der Waals surface area contributed by atoms with Crippen LogP contribution in [0.5, 0.6) is 0 Å². The minimum Gasteiger partial charge on any atom is -0.462 e. The fourth-order valence-corrected chi connectivity index (χ4v) is 2.91. The molecule has 0 saturated heterocycles. The first-order chi connectivity index (χ1) is 13.2. The lowest BCUT2D eigenvalue weighted by atomic mass is 10.1. The van der Waals surface area contributed by atoms with Gasteiger partial charge in [-0.3, -0.25) is 4.79 Å². The molecular formula is C20H23ClN2O5. The van der Waals surface area contributed by atoms with Gasteiger partial charge in [0.05, 0.1) is 18.2 Å². The topological polar surface area (TPSA) is 97.5 Å². The molecule has 0 spiro atoms. The van der Waals surface area contributed by atoms with Crippen molar-refractivity contribution < 1.29 is 23.9 Å². The number of aromatic nitrogens is 1. The Bertz CT molecular complexity index is 873. The van der Waals surface area contributed by atoms with E-state index in [2.05, 4.69) is 10.3 Å². The zero-order valence-corrected chi connectivity index (χ0v) is 17.0. The first-order valence-electron chi connectivity index (χ1n) is 8.82. The zero-order chi connectivity index (χ0) is 20.8. The summed E-state index contributed by atoms with van der Waals surface area (Å²) in [4.78, 5) is 39.2. The minimum absolute atomic E-state index is 0.124. The lowest BCUT2D eigenvalue weighted by molar-refractivity contribution is -0.124. The molecule has 1 atom stereocenters. The third-order valence-corrected chi connectivity index (χ3v) is 4.46. The van der Waals surface area contributed by atoms with Crippen LogP contribution < -0.4 is 5.32 Å². The predicted octanol–water partition coefficient (Wildman–Crippen LogP) is 3.50. The predicted molar refractivity (Wildman–Crippen MR) is 105 cm³/mol. The second-order valence-corrected chi connectivity index (χ2v) is 6.70. The van der Waals surface area contributed by atoms with Crippen molar-refractivity contribution in [3.63, 3.8) is 0 Å². The van der Waals surface area contributed by atoms with E-state index in [1.165, 1.54) is 0 Å². The van der Waals surface area contributed by atoms with Crippen LogP contribution in [0.2, 0.25) is 5.02 Å². The zero-order valence-electron chi connectivity index (χ0n) is 16.2. The minimum atomic E-state index is -0.717. The van der Waals surface area contributed by atoms with Crippen molar-refractivity contribution >= 4 is 29.4 Å². The van der Waals surface area contributed by atoms with Gasteiger partial charge in [0.25, 0.3) is 5.91 Å². The van der Waals surface area contributed by atoms with Crippen molar-refractivity contribution in [3.05, 3.63) is 57.4 Å². The van der Waals surface area contributed by atoms with Crippen LogP contribution in [0.4, 0.5) is 0 Å². The Kier molecular flexibility index (Phi) is 7.23. The molecule has 2 aromatic rings. The van der Waals surface area contributed by atoms with Gasteiger partial charge in [0.15, 0.2) is 6.61 Å². The molecule has 150 valence electrons. The maximum absolute atomic E-state index is 12.3. The first kappa shape index (κ1) is 21.5. The number of nitrogens with one attached hydrogen (secondary N) is 2. The van der Waals surface area contributed by atoms with Crippen LogP contribution in [0.1, 0.15) is 57.6 Å². The number of carbonyl (C=O) groups excluding carboxylic acids is 3. The van der Waals surface area contributed by atoms with E-state index in [1.54, 1.807) is 45.0 Å². The molecule has 1 amide bonds. The van der Waals surface area contributed by atoms with Crippen molar-refractivity contribution in [2.24, 2.45) is 0 Å². The number of H-pyrrole nitrogens is 1. The molecule has 0 aliphatic heterocycles. The summed E-state index contributed by atoms with van der Waals surface area (Å²) in [5, 5.41) is 3.35. The fraction of sp³-hybridized carbons (Fsp3) is 0.350. The number of halogens is 1. The van der Waals surface area contributed by atoms with Gasteiger partial charge >= 0.3 is 11.9 Å². The molecule has 0 aliphatic rings. The lowest BCUT2D eigenvalue weighted by Gasteiger charge is -2.14. The average Bonchev–Trinajstić information content (AvgIpc) is 2.94. The van der Waals surface area contributed by atoms with Crippen molar-refractivity contribution in [2.75, 3.05) is 13.2 Å². The Morgan fingerprint density at radius 2 is 1.75 bits per heavy atom. The van der Waals surface area contributed by atoms with Crippen LogP contribution in [0.15, 0.2) is 24.3 Å². The van der Waals surface area contributed by atoms with E-state index < -0.39 is 24.5 Å². The fourth-order valence-electron chi connectivity index (χ4n) is 2.78. The molecule has 1 aromatic carbocycles. The standard InChI is InChI=1S/C20H23ClN2O5/c1-5-27-19(25)17-11(2)18(23-13(17)4)20(26)28-10-16(24)22-12(3)14-6-8-15(21)9-7-14/h6-9,12,23H,5,10H2,1-4H3,(H,22,24)/t12-/m1/s1. The van der Waals surface area contributed by atoms with E-state index in [0.29, 0.717) is 21.8 Å². The molecule has 1 aromatic heterocycles. The van der Waals surface area contributed by atoms with E-state index >= 15 is 0 Å². The molecule has 2 N–H and O–H groups in total. The highest BCUT2D eigenvalue weighted by Crippen LogP contribution is 2.20. The molecule has 0 unspecified atom stereocenters. The van der Waals surface area contributed by atoms with E-state index in [0.717, 1.165) is 5.56 Å². The van der Waals surface area contributed by atoms with Crippen LogP contribution in [0.25, 0.3) is 0 Å². The summed E-state index contributed by atoms with van der Waals surface area (Å²) < 4.78 is 10.1. The van der Waals surface area contributed by atoms with E-state index in [4.69, 9.17) is 21.1 Å².